The molecule has 38 heavy (non-hydrogen) atoms. The highest BCUT2D eigenvalue weighted by atomic mass is 19.4. The summed E-state index contributed by atoms with van der Waals surface area (Å²) in [4.78, 5) is 24.9. The zero-order chi connectivity index (χ0) is 29.1. The largest absolute Gasteiger partial charge is 0.490 e. The van der Waals surface area contributed by atoms with Crippen molar-refractivity contribution in [2.75, 3.05) is 73.2 Å². The van der Waals surface area contributed by atoms with Gasteiger partial charge in [-0.3, -0.25) is 9.80 Å². The van der Waals surface area contributed by atoms with Gasteiger partial charge in [-0.05, 0) is 33.2 Å². The van der Waals surface area contributed by atoms with Crippen molar-refractivity contribution in [3.63, 3.8) is 0 Å². The third kappa shape index (κ3) is 12.9. The van der Waals surface area contributed by atoms with Crippen molar-refractivity contribution in [2.45, 2.75) is 31.4 Å². The van der Waals surface area contributed by atoms with Crippen LogP contribution < -0.4 is 0 Å². The Labute approximate surface area is 215 Å². The van der Waals surface area contributed by atoms with Crippen molar-refractivity contribution in [1.29, 1.82) is 0 Å². The highest BCUT2D eigenvalue weighted by Gasteiger charge is 2.41. The number of aryl methyl sites for hydroxylation is 1. The van der Waals surface area contributed by atoms with Gasteiger partial charge in [0.25, 0.3) is 0 Å². The Hall–Kier alpha value is -2.40. The van der Waals surface area contributed by atoms with Crippen molar-refractivity contribution >= 4 is 11.9 Å². The molecular formula is C22H33F6N3O7. The number of likely N-dealkylation sites (N-methyl/N-ethyl adjacent to an activating group) is 1. The molecule has 0 aliphatic carbocycles. The van der Waals surface area contributed by atoms with Gasteiger partial charge in [0.1, 0.15) is 17.1 Å². The summed E-state index contributed by atoms with van der Waals surface area (Å²) in [6, 6.07) is 4.10. The number of hydrogen-bond acceptors (Lipinski definition) is 8. The third-order valence-electron chi connectivity index (χ3n) is 5.28. The van der Waals surface area contributed by atoms with E-state index in [1.165, 1.54) is 0 Å². The Bertz CT molecular complexity index is 854. The molecule has 3 heterocycles. The lowest BCUT2D eigenvalue weighted by Crippen LogP contribution is -2.58. The summed E-state index contributed by atoms with van der Waals surface area (Å²) < 4.78 is 81.4. The highest BCUT2D eigenvalue weighted by molar-refractivity contribution is 5.73. The second kappa shape index (κ2) is 14.7. The number of carboxylic acid groups (broad SMARTS) is 2. The molecule has 2 aliphatic heterocycles. The summed E-state index contributed by atoms with van der Waals surface area (Å²) in [6.07, 6.45) is -10.2. The van der Waals surface area contributed by atoms with E-state index in [4.69, 9.17) is 33.7 Å². The van der Waals surface area contributed by atoms with Crippen LogP contribution in [0.3, 0.4) is 0 Å². The summed E-state index contributed by atoms with van der Waals surface area (Å²) in [5.74, 6) is -3.51. The van der Waals surface area contributed by atoms with E-state index in [0.717, 1.165) is 70.5 Å². The Balaban J connectivity index is 0.000000426. The van der Waals surface area contributed by atoms with Gasteiger partial charge in [0.05, 0.1) is 26.4 Å². The van der Waals surface area contributed by atoms with Gasteiger partial charge in [0.15, 0.2) is 0 Å². The molecule has 2 aliphatic rings. The Kier molecular flexibility index (Phi) is 13.0. The number of carboxylic acids is 2. The van der Waals surface area contributed by atoms with Crippen molar-refractivity contribution in [3.05, 3.63) is 23.7 Å². The fourth-order valence-corrected chi connectivity index (χ4v) is 3.55. The molecule has 2 N–H and O–H groups in total. The smallest absolute Gasteiger partial charge is 0.475 e. The summed E-state index contributed by atoms with van der Waals surface area (Å²) in [7, 11) is 4.24. The normalized spacial score (nSPS) is 21.2. The molecule has 220 valence electrons. The first-order chi connectivity index (χ1) is 17.4. The maximum Gasteiger partial charge on any atom is 0.490 e. The van der Waals surface area contributed by atoms with Crippen molar-refractivity contribution in [1.82, 2.24) is 14.7 Å². The van der Waals surface area contributed by atoms with Crippen LogP contribution in [0.1, 0.15) is 11.5 Å². The van der Waals surface area contributed by atoms with E-state index >= 15 is 0 Å². The molecule has 2 saturated heterocycles. The zero-order valence-corrected chi connectivity index (χ0v) is 21.3. The van der Waals surface area contributed by atoms with E-state index in [9.17, 15) is 26.3 Å². The van der Waals surface area contributed by atoms with Gasteiger partial charge in [-0.25, -0.2) is 9.59 Å². The number of halogens is 6. The van der Waals surface area contributed by atoms with Gasteiger partial charge >= 0.3 is 24.3 Å². The molecule has 1 spiro atoms. The molecule has 0 radical (unpaired) electrons. The van der Waals surface area contributed by atoms with Crippen LogP contribution in [0, 0.1) is 6.92 Å². The number of aliphatic carboxylic acids is 2. The maximum atomic E-state index is 10.6. The number of ether oxygens (including phenoxy) is 2. The van der Waals surface area contributed by atoms with Crippen LogP contribution in [-0.2, 0) is 25.6 Å². The number of hydrogen-bond donors (Lipinski definition) is 2. The van der Waals surface area contributed by atoms with Gasteiger partial charge in [-0.1, -0.05) is 0 Å². The maximum absolute atomic E-state index is 10.6. The lowest BCUT2D eigenvalue weighted by atomic mass is 10.0. The number of furan rings is 1. The minimum Gasteiger partial charge on any atom is -0.475 e. The molecule has 0 saturated carbocycles. The molecule has 1 unspecified atom stereocenters. The molecular weight excluding hydrogens is 532 g/mol. The molecule has 16 heteroatoms. The van der Waals surface area contributed by atoms with Crippen LogP contribution in [0.2, 0.25) is 0 Å². The number of carbonyl (C=O) groups is 2. The first-order valence-corrected chi connectivity index (χ1v) is 11.4. The molecule has 0 bridgehead atoms. The Morgan fingerprint density at radius 3 is 1.97 bits per heavy atom. The SMILES string of the molecule is Cc1ccc(CN2CCOC3(COCCN(CCN(C)C)C3)C2)o1.O=C(O)C(F)(F)F.O=C(O)C(F)(F)F. The van der Waals surface area contributed by atoms with Crippen LogP contribution in [0.5, 0.6) is 0 Å². The minimum absolute atomic E-state index is 0.220. The minimum atomic E-state index is -5.08. The van der Waals surface area contributed by atoms with E-state index in [-0.39, 0.29) is 5.60 Å². The number of nitrogens with zero attached hydrogens (tertiary/aromatic N) is 3. The predicted molar refractivity (Wildman–Crippen MR) is 121 cm³/mol. The van der Waals surface area contributed by atoms with Crippen LogP contribution in [0.15, 0.2) is 16.5 Å². The van der Waals surface area contributed by atoms with Gasteiger partial charge in [0.2, 0.25) is 0 Å². The van der Waals surface area contributed by atoms with E-state index < -0.39 is 24.3 Å². The second-order valence-electron chi connectivity index (χ2n) is 8.99. The average molecular weight is 566 g/mol. The fourth-order valence-electron chi connectivity index (χ4n) is 3.55. The predicted octanol–water partition coefficient (Wildman–Crippen LogP) is 2.32. The first-order valence-electron chi connectivity index (χ1n) is 11.4. The van der Waals surface area contributed by atoms with Gasteiger partial charge < -0.3 is 29.0 Å². The standard InChI is InChI=1S/C18H31N3O3.2C2HF3O2/c1-16-4-5-17(24-16)12-21-9-11-23-18(14-21)13-20(7-6-19(2)3)8-10-22-15-18;2*3-2(4,5)1(6)7/h4-5H,6-15H2,1-3H3;2*(H,6,7). The Morgan fingerprint density at radius 2 is 1.50 bits per heavy atom. The molecule has 1 aromatic heterocycles. The molecule has 10 nitrogen and oxygen atoms in total. The third-order valence-corrected chi connectivity index (χ3v) is 5.28. The molecule has 0 aromatic carbocycles. The number of morpholine rings is 1. The summed E-state index contributed by atoms with van der Waals surface area (Å²) >= 11 is 0. The van der Waals surface area contributed by atoms with Gasteiger partial charge in [-0.15, -0.1) is 0 Å². The van der Waals surface area contributed by atoms with Crippen LogP contribution in [0.4, 0.5) is 26.3 Å². The molecule has 1 aromatic rings. The summed E-state index contributed by atoms with van der Waals surface area (Å²) in [5.41, 5.74) is -0.220. The lowest BCUT2D eigenvalue weighted by Gasteiger charge is -2.43. The first kappa shape index (κ1) is 33.6. The highest BCUT2D eigenvalue weighted by Crippen LogP contribution is 2.24. The quantitative estimate of drug-likeness (QED) is 0.516. The monoisotopic (exact) mass is 565 g/mol. The zero-order valence-electron chi connectivity index (χ0n) is 21.3. The summed E-state index contributed by atoms with van der Waals surface area (Å²) in [5, 5.41) is 14.2. The van der Waals surface area contributed by atoms with Gasteiger partial charge in [0, 0.05) is 39.3 Å². The van der Waals surface area contributed by atoms with Crippen molar-refractivity contribution in [3.8, 4) is 0 Å². The van der Waals surface area contributed by atoms with E-state index in [2.05, 4.69) is 34.9 Å². The number of rotatable bonds is 5. The van der Waals surface area contributed by atoms with E-state index in [1.54, 1.807) is 0 Å². The van der Waals surface area contributed by atoms with Crippen molar-refractivity contribution in [2.24, 2.45) is 0 Å². The second-order valence-corrected chi connectivity index (χ2v) is 8.99. The molecule has 2 fully saturated rings. The van der Waals surface area contributed by atoms with Gasteiger partial charge in [-0.2, -0.15) is 26.3 Å². The van der Waals surface area contributed by atoms with Crippen molar-refractivity contribution < 1.29 is 60.0 Å². The van der Waals surface area contributed by atoms with Crippen LogP contribution in [-0.4, -0.2) is 128 Å². The van der Waals surface area contributed by atoms with E-state index in [1.807, 2.05) is 13.0 Å². The van der Waals surface area contributed by atoms with Crippen LogP contribution in [0.25, 0.3) is 0 Å². The number of alkyl halides is 6. The lowest BCUT2D eigenvalue weighted by molar-refractivity contribution is -0.193. The topological polar surface area (TPSA) is 116 Å². The van der Waals surface area contributed by atoms with Crippen LogP contribution >= 0.6 is 0 Å². The molecule has 1 atom stereocenters. The molecule has 3 rings (SSSR count). The Morgan fingerprint density at radius 1 is 0.974 bits per heavy atom. The van der Waals surface area contributed by atoms with E-state index in [0.29, 0.717) is 6.61 Å². The average Bonchev–Trinajstić information content (AvgIpc) is 3.08. The fraction of sp³-hybridized carbons (Fsp3) is 0.727. The summed E-state index contributed by atoms with van der Waals surface area (Å²) in [6.45, 7) is 10.9. The molecule has 0 amide bonds.